The topological polar surface area (TPSA) is 36.9 Å². The van der Waals surface area contributed by atoms with Gasteiger partial charge in [0.25, 0.3) is 0 Å². The normalized spacial score (nSPS) is 10.0. The van der Waals surface area contributed by atoms with Crippen LogP contribution in [-0.2, 0) is 0 Å². The molecule has 0 aliphatic rings. The molecule has 0 aliphatic heterocycles. The van der Waals surface area contributed by atoms with Crippen LogP contribution in [-0.4, -0.2) is 26.4 Å². The lowest BCUT2D eigenvalue weighted by atomic mass is 10.1. The van der Waals surface area contributed by atoms with Crippen LogP contribution < -0.4 is 18.9 Å². The van der Waals surface area contributed by atoms with Crippen molar-refractivity contribution in [3.05, 3.63) is 140 Å². The van der Waals surface area contributed by atoms with E-state index < -0.39 is 0 Å². The molecule has 0 bridgehead atoms. The monoisotopic (exact) mass is 772 g/mol. The molecule has 5 rings (SSSR count). The molecule has 0 saturated heterocycles. The summed E-state index contributed by atoms with van der Waals surface area (Å²) < 4.78 is 23.5. The molecule has 290 valence electrons. The van der Waals surface area contributed by atoms with Crippen molar-refractivity contribution in [2.45, 2.75) is 79.1 Å². The quantitative estimate of drug-likeness (QED) is 0.0739. The number of hydrogen-bond acceptors (Lipinski definition) is 5. The first kappa shape index (κ1) is 42.2. The second-order valence-electron chi connectivity index (χ2n) is 13.4. The fourth-order valence-corrected chi connectivity index (χ4v) is 6.17. The van der Waals surface area contributed by atoms with Gasteiger partial charge in [-0.15, -0.1) is 11.3 Å². The molecule has 1 heterocycles. The average Bonchev–Trinajstić information content (AvgIpc) is 3.58. The molecule has 1 aromatic heterocycles. The maximum absolute atomic E-state index is 5.89. The fraction of sp³-hybridized carbons (Fsp3) is 0.308. The first-order valence-electron chi connectivity index (χ1n) is 20.2. The first-order chi connectivity index (χ1) is 28.1. The third-order valence-corrected chi connectivity index (χ3v) is 9.72. The van der Waals surface area contributed by atoms with E-state index in [0.717, 1.165) is 117 Å². The summed E-state index contributed by atoms with van der Waals surface area (Å²) in [5.41, 5.74) is 5.01. The van der Waals surface area contributed by atoms with E-state index in [0.29, 0.717) is 26.4 Å². The molecule has 5 heteroatoms. The minimum absolute atomic E-state index is 0.699. The molecular formula is C52H52O4S. The highest BCUT2D eigenvalue weighted by Crippen LogP contribution is 2.28. The van der Waals surface area contributed by atoms with Crippen molar-refractivity contribution in [2.24, 2.45) is 0 Å². The molecule has 0 N–H and O–H groups in total. The molecule has 5 aromatic rings. The first-order valence-corrected chi connectivity index (χ1v) is 21.1. The Hall–Kier alpha value is -5.98. The van der Waals surface area contributed by atoms with E-state index in [1.165, 1.54) is 11.3 Å². The predicted octanol–water partition coefficient (Wildman–Crippen LogP) is 12.1. The van der Waals surface area contributed by atoms with Crippen molar-refractivity contribution in [3.8, 4) is 70.4 Å². The van der Waals surface area contributed by atoms with Gasteiger partial charge in [-0.25, -0.2) is 0 Å². The van der Waals surface area contributed by atoms with Crippen LogP contribution in [0, 0.1) is 47.4 Å². The van der Waals surface area contributed by atoms with Gasteiger partial charge in [-0.05, 0) is 135 Å². The van der Waals surface area contributed by atoms with E-state index in [4.69, 9.17) is 18.9 Å². The highest BCUT2D eigenvalue weighted by Gasteiger charge is 2.14. The van der Waals surface area contributed by atoms with Crippen molar-refractivity contribution >= 4 is 11.3 Å². The van der Waals surface area contributed by atoms with Crippen LogP contribution in [0.1, 0.15) is 122 Å². The maximum Gasteiger partial charge on any atom is 0.119 e. The molecule has 0 spiro atoms. The summed E-state index contributed by atoms with van der Waals surface area (Å²) in [6, 6.07) is 31.7. The van der Waals surface area contributed by atoms with E-state index in [1.807, 2.05) is 97.1 Å². The molecule has 4 nitrogen and oxygen atoms in total. The lowest BCUT2D eigenvalue weighted by molar-refractivity contribution is 0.309. The van der Waals surface area contributed by atoms with E-state index in [2.05, 4.69) is 75.1 Å². The van der Waals surface area contributed by atoms with E-state index in [-0.39, 0.29) is 0 Å². The summed E-state index contributed by atoms with van der Waals surface area (Å²) in [5.74, 6) is 30.6. The lowest BCUT2D eigenvalue weighted by Gasteiger charge is -2.04. The number of benzene rings is 4. The molecule has 0 amide bonds. The summed E-state index contributed by atoms with van der Waals surface area (Å²) in [6.07, 6.45) is 8.44. The van der Waals surface area contributed by atoms with Gasteiger partial charge in [-0.2, -0.15) is 0 Å². The summed E-state index contributed by atoms with van der Waals surface area (Å²) in [5, 5.41) is 0. The molecule has 0 atom stereocenters. The van der Waals surface area contributed by atoms with Crippen molar-refractivity contribution in [3.63, 3.8) is 0 Å². The molecule has 0 radical (unpaired) electrons. The number of rotatable bonds is 16. The molecule has 0 unspecified atom stereocenters. The Morgan fingerprint density at radius 3 is 0.825 bits per heavy atom. The summed E-state index contributed by atoms with van der Waals surface area (Å²) >= 11 is 1.51. The predicted molar refractivity (Wildman–Crippen MR) is 236 cm³/mol. The fourth-order valence-electron chi connectivity index (χ4n) is 5.25. The molecule has 0 saturated carbocycles. The van der Waals surface area contributed by atoms with E-state index in [9.17, 15) is 0 Å². The zero-order valence-electron chi connectivity index (χ0n) is 33.8. The van der Waals surface area contributed by atoms with Gasteiger partial charge in [0.15, 0.2) is 0 Å². The number of unbranched alkanes of at least 4 members (excludes halogenated alkanes) is 4. The van der Waals surface area contributed by atoms with Crippen LogP contribution in [0.15, 0.2) is 97.1 Å². The van der Waals surface area contributed by atoms with Gasteiger partial charge in [-0.1, -0.05) is 88.9 Å². The van der Waals surface area contributed by atoms with E-state index in [1.54, 1.807) is 0 Å². The standard InChI is InChI=1S/C52H52O4S/c1-5-9-37-53-45-25-13-41(14-26-45)21-33-49-50(34-22-42-15-27-46(28-16-42)54-38-10-6-2)52(36-24-44-19-31-48(32-20-44)56-40-12-8-4)57-51(49)35-23-43-17-29-47(30-18-43)55-39-11-7-3/h13-20,25-32H,5-12,37-40H2,1-4H3. The average molecular weight is 773 g/mol. The summed E-state index contributed by atoms with van der Waals surface area (Å²) in [6.45, 7) is 11.4. The number of ether oxygens (including phenoxy) is 4. The van der Waals surface area contributed by atoms with Crippen molar-refractivity contribution in [2.75, 3.05) is 26.4 Å². The van der Waals surface area contributed by atoms with Crippen LogP contribution >= 0.6 is 11.3 Å². The van der Waals surface area contributed by atoms with Crippen LogP contribution in [0.2, 0.25) is 0 Å². The Kier molecular flexibility index (Phi) is 17.6. The second-order valence-corrected chi connectivity index (χ2v) is 14.4. The Labute approximate surface area is 345 Å². The SMILES string of the molecule is CCCCOc1ccc(C#Cc2sc(C#Cc3ccc(OCCCC)cc3)c(C#Cc3ccc(OCCCC)cc3)c2C#Cc2ccc(OCCCC)cc2)cc1. The van der Waals surface area contributed by atoms with Crippen molar-refractivity contribution in [1.29, 1.82) is 0 Å². The Morgan fingerprint density at radius 1 is 0.333 bits per heavy atom. The molecule has 57 heavy (non-hydrogen) atoms. The van der Waals surface area contributed by atoms with Gasteiger partial charge >= 0.3 is 0 Å². The van der Waals surface area contributed by atoms with Crippen LogP contribution in [0.4, 0.5) is 0 Å². The van der Waals surface area contributed by atoms with Crippen molar-refractivity contribution < 1.29 is 18.9 Å². The molecular weight excluding hydrogens is 721 g/mol. The van der Waals surface area contributed by atoms with Crippen LogP contribution in [0.25, 0.3) is 0 Å². The Balaban J connectivity index is 1.55. The van der Waals surface area contributed by atoms with Crippen LogP contribution in [0.5, 0.6) is 23.0 Å². The van der Waals surface area contributed by atoms with Crippen LogP contribution in [0.3, 0.4) is 0 Å². The highest BCUT2D eigenvalue weighted by molar-refractivity contribution is 7.13. The van der Waals surface area contributed by atoms with E-state index >= 15 is 0 Å². The zero-order valence-corrected chi connectivity index (χ0v) is 34.6. The van der Waals surface area contributed by atoms with Gasteiger partial charge in [0.1, 0.15) is 23.0 Å². The molecule has 0 fully saturated rings. The highest BCUT2D eigenvalue weighted by atomic mass is 32.1. The lowest BCUT2D eigenvalue weighted by Crippen LogP contribution is -1.96. The largest absolute Gasteiger partial charge is 0.494 e. The summed E-state index contributed by atoms with van der Waals surface area (Å²) in [4.78, 5) is 1.61. The van der Waals surface area contributed by atoms with Crippen molar-refractivity contribution in [1.82, 2.24) is 0 Å². The number of thiophene rings is 1. The van der Waals surface area contributed by atoms with Gasteiger partial charge < -0.3 is 18.9 Å². The van der Waals surface area contributed by atoms with Gasteiger partial charge in [-0.3, -0.25) is 0 Å². The van der Waals surface area contributed by atoms with Gasteiger partial charge in [0.2, 0.25) is 0 Å². The Morgan fingerprint density at radius 2 is 0.579 bits per heavy atom. The van der Waals surface area contributed by atoms with Gasteiger partial charge in [0, 0.05) is 22.3 Å². The second kappa shape index (κ2) is 23.8. The maximum atomic E-state index is 5.89. The minimum atomic E-state index is 0.699. The van der Waals surface area contributed by atoms with Gasteiger partial charge in [0.05, 0.1) is 47.3 Å². The smallest absolute Gasteiger partial charge is 0.119 e. The summed E-state index contributed by atoms with van der Waals surface area (Å²) in [7, 11) is 0. The third-order valence-electron chi connectivity index (χ3n) is 8.70. The molecule has 4 aromatic carbocycles. The zero-order chi connectivity index (χ0) is 39.9. The Bertz CT molecular complexity index is 2070. The third kappa shape index (κ3) is 14.2. The minimum Gasteiger partial charge on any atom is -0.494 e. The molecule has 0 aliphatic carbocycles. The number of hydrogen-bond donors (Lipinski definition) is 0.